The zero-order valence-corrected chi connectivity index (χ0v) is 23.8. The van der Waals surface area contributed by atoms with Gasteiger partial charge < -0.3 is 14.8 Å². The maximum Gasteiger partial charge on any atom is 0.255 e. The van der Waals surface area contributed by atoms with Gasteiger partial charge in [0.05, 0.1) is 21.2 Å². The number of fused-ring (bicyclic) bond motifs is 1. The quantitative estimate of drug-likeness (QED) is 0.286. The zero-order valence-electron chi connectivity index (χ0n) is 21.3. The van der Waals surface area contributed by atoms with Crippen molar-refractivity contribution in [2.45, 2.75) is 51.2 Å². The van der Waals surface area contributed by atoms with Crippen LogP contribution in [0.25, 0.3) is 10.8 Å². The van der Waals surface area contributed by atoms with E-state index in [9.17, 15) is 15.2 Å². The normalized spacial score (nSPS) is 12.8. The molecule has 0 aliphatic carbocycles. The highest BCUT2D eigenvalue weighted by atomic mass is 35.5. The Labute approximate surface area is 224 Å². The summed E-state index contributed by atoms with van der Waals surface area (Å²) in [4.78, 5) is 13.3. The number of hydrogen-bond donors (Lipinski definition) is 2. The van der Waals surface area contributed by atoms with E-state index in [1.807, 2.05) is 30.3 Å². The fourth-order valence-corrected chi connectivity index (χ4v) is 5.15. The molecule has 1 amide bonds. The first-order valence-corrected chi connectivity index (χ1v) is 15.5. The topological polar surface area (TPSA) is 82.3 Å². The molecule has 1 unspecified atom stereocenters. The predicted molar refractivity (Wildman–Crippen MR) is 150 cm³/mol. The standard InChI is InChI=1S/C28H32Cl2N2O3Si/c1-28(2,3)36(4,5)35-13-12-20(18-10-11-23(29)24(30)15-18)17-32-27(34)25-22-9-7-6-8-19(22)14-21(16-31)26(25)33/h6-11,14-15,20,33H,12-13,17H2,1-5H3,(H,32,34). The van der Waals surface area contributed by atoms with Gasteiger partial charge in [-0.2, -0.15) is 5.26 Å². The largest absolute Gasteiger partial charge is 0.506 e. The summed E-state index contributed by atoms with van der Waals surface area (Å²) in [6, 6.07) is 16.2. The van der Waals surface area contributed by atoms with E-state index in [1.54, 1.807) is 24.3 Å². The molecule has 36 heavy (non-hydrogen) atoms. The fourth-order valence-electron chi connectivity index (χ4n) is 3.78. The second-order valence-corrected chi connectivity index (χ2v) is 16.1. The number of hydrogen-bond acceptors (Lipinski definition) is 4. The van der Waals surface area contributed by atoms with Gasteiger partial charge in [-0.15, -0.1) is 0 Å². The monoisotopic (exact) mass is 542 g/mol. The fraction of sp³-hybridized carbons (Fsp3) is 0.357. The summed E-state index contributed by atoms with van der Waals surface area (Å²) in [6.45, 7) is 11.8. The second-order valence-electron chi connectivity index (χ2n) is 10.5. The Kier molecular flexibility index (Phi) is 8.74. The SMILES string of the molecule is CC(C)(C)[Si](C)(C)OCCC(CNC(=O)c1c(O)c(C#N)cc2ccccc12)c1ccc(Cl)c(Cl)c1. The average Bonchev–Trinajstić information content (AvgIpc) is 2.81. The van der Waals surface area contributed by atoms with Gasteiger partial charge in [-0.25, -0.2) is 0 Å². The number of nitrogens with one attached hydrogen (secondary N) is 1. The third-order valence-electron chi connectivity index (χ3n) is 7.03. The van der Waals surface area contributed by atoms with Gasteiger partial charge in [-0.05, 0) is 59.1 Å². The van der Waals surface area contributed by atoms with Crippen molar-refractivity contribution >= 4 is 48.2 Å². The van der Waals surface area contributed by atoms with Crippen molar-refractivity contribution in [3.8, 4) is 11.8 Å². The van der Waals surface area contributed by atoms with Gasteiger partial charge >= 0.3 is 0 Å². The van der Waals surface area contributed by atoms with E-state index in [2.05, 4.69) is 39.2 Å². The molecule has 0 spiro atoms. The van der Waals surface area contributed by atoms with Gasteiger partial charge in [0.25, 0.3) is 5.91 Å². The van der Waals surface area contributed by atoms with E-state index in [1.165, 1.54) is 0 Å². The molecule has 3 aromatic rings. The molecule has 0 fully saturated rings. The number of benzene rings is 3. The number of rotatable bonds is 8. The van der Waals surface area contributed by atoms with Gasteiger partial charge in [-0.1, -0.05) is 74.3 Å². The van der Waals surface area contributed by atoms with Crippen LogP contribution in [0.15, 0.2) is 48.5 Å². The number of phenols is 1. The van der Waals surface area contributed by atoms with Crippen molar-refractivity contribution in [3.63, 3.8) is 0 Å². The van der Waals surface area contributed by atoms with Crippen molar-refractivity contribution in [2.75, 3.05) is 13.2 Å². The summed E-state index contributed by atoms with van der Waals surface area (Å²) >= 11 is 12.4. The maximum absolute atomic E-state index is 13.3. The Bertz CT molecular complexity index is 1310. The number of amides is 1. The number of halogens is 2. The smallest absolute Gasteiger partial charge is 0.255 e. The first-order valence-electron chi connectivity index (χ1n) is 11.9. The highest BCUT2D eigenvalue weighted by Gasteiger charge is 2.37. The summed E-state index contributed by atoms with van der Waals surface area (Å²) in [7, 11) is -1.94. The Morgan fingerprint density at radius 3 is 2.47 bits per heavy atom. The second kappa shape index (κ2) is 11.2. The Hall–Kier alpha value is -2.56. The zero-order chi connectivity index (χ0) is 26.7. The predicted octanol–water partition coefficient (Wildman–Crippen LogP) is 7.65. The first-order chi connectivity index (χ1) is 16.9. The van der Waals surface area contributed by atoms with Crippen molar-refractivity contribution < 1.29 is 14.3 Å². The molecule has 0 radical (unpaired) electrons. The van der Waals surface area contributed by atoms with Crippen LogP contribution in [0.3, 0.4) is 0 Å². The van der Waals surface area contributed by atoms with Gasteiger partial charge in [-0.3, -0.25) is 4.79 Å². The molecule has 3 aromatic carbocycles. The van der Waals surface area contributed by atoms with Gasteiger partial charge in [0, 0.05) is 19.1 Å². The molecule has 0 saturated carbocycles. The van der Waals surface area contributed by atoms with E-state index in [4.69, 9.17) is 27.6 Å². The molecule has 2 N–H and O–H groups in total. The molecule has 5 nitrogen and oxygen atoms in total. The van der Waals surface area contributed by atoms with Crippen LogP contribution < -0.4 is 5.32 Å². The van der Waals surface area contributed by atoms with Crippen LogP contribution in [0.4, 0.5) is 0 Å². The molecule has 0 saturated heterocycles. The van der Waals surface area contributed by atoms with Crippen molar-refractivity contribution in [1.82, 2.24) is 5.32 Å². The highest BCUT2D eigenvalue weighted by Crippen LogP contribution is 2.37. The summed E-state index contributed by atoms with van der Waals surface area (Å²) in [5.41, 5.74) is 1.08. The number of aromatic hydroxyl groups is 1. The molecular formula is C28H32Cl2N2O3Si. The third-order valence-corrected chi connectivity index (χ3v) is 12.3. The molecule has 0 aliphatic heterocycles. The van der Waals surface area contributed by atoms with Crippen LogP contribution in [0, 0.1) is 11.3 Å². The van der Waals surface area contributed by atoms with Crippen LogP contribution >= 0.6 is 23.2 Å². The van der Waals surface area contributed by atoms with Gasteiger partial charge in [0.15, 0.2) is 8.32 Å². The maximum atomic E-state index is 13.3. The molecule has 0 heterocycles. The van der Waals surface area contributed by atoms with E-state index in [0.717, 1.165) is 5.56 Å². The molecular weight excluding hydrogens is 511 g/mol. The molecule has 0 aliphatic rings. The molecule has 0 bridgehead atoms. The molecule has 3 rings (SSSR count). The summed E-state index contributed by atoms with van der Waals surface area (Å²) in [5.74, 6) is -0.863. The van der Waals surface area contributed by atoms with E-state index >= 15 is 0 Å². The number of carbonyl (C=O) groups excluding carboxylic acids is 1. The van der Waals surface area contributed by atoms with E-state index in [-0.39, 0.29) is 27.8 Å². The van der Waals surface area contributed by atoms with Crippen molar-refractivity contribution in [3.05, 3.63) is 75.3 Å². The Balaban J connectivity index is 1.86. The summed E-state index contributed by atoms with van der Waals surface area (Å²) in [6.07, 6.45) is 0.662. The van der Waals surface area contributed by atoms with Crippen LogP contribution in [-0.2, 0) is 4.43 Å². The van der Waals surface area contributed by atoms with E-state index in [0.29, 0.717) is 40.4 Å². The minimum Gasteiger partial charge on any atom is -0.506 e. The Morgan fingerprint density at radius 2 is 1.83 bits per heavy atom. The summed E-state index contributed by atoms with van der Waals surface area (Å²) in [5, 5.41) is 25.4. The molecule has 8 heteroatoms. The minimum absolute atomic E-state index is 0.0580. The molecule has 0 aromatic heterocycles. The third kappa shape index (κ3) is 6.22. The number of phenolic OH excluding ortho intramolecular Hbond substituents is 1. The number of carbonyl (C=O) groups is 1. The first kappa shape index (κ1) is 28.0. The van der Waals surface area contributed by atoms with Gasteiger partial charge in [0.1, 0.15) is 11.8 Å². The Morgan fingerprint density at radius 1 is 1.14 bits per heavy atom. The lowest BCUT2D eigenvalue weighted by molar-refractivity contribution is 0.0948. The molecule has 190 valence electrons. The van der Waals surface area contributed by atoms with Crippen LogP contribution in [-0.4, -0.2) is 32.5 Å². The van der Waals surface area contributed by atoms with E-state index < -0.39 is 14.2 Å². The number of nitriles is 1. The lowest BCUT2D eigenvalue weighted by Crippen LogP contribution is -2.41. The number of nitrogens with zero attached hydrogens (tertiary/aromatic N) is 1. The lowest BCUT2D eigenvalue weighted by atomic mass is 9.95. The van der Waals surface area contributed by atoms with Crippen LogP contribution in [0.2, 0.25) is 28.2 Å². The summed E-state index contributed by atoms with van der Waals surface area (Å²) < 4.78 is 6.39. The lowest BCUT2D eigenvalue weighted by Gasteiger charge is -2.36. The van der Waals surface area contributed by atoms with Crippen LogP contribution in [0.1, 0.15) is 54.6 Å². The van der Waals surface area contributed by atoms with Crippen molar-refractivity contribution in [1.29, 1.82) is 5.26 Å². The van der Waals surface area contributed by atoms with Gasteiger partial charge in [0.2, 0.25) is 0 Å². The minimum atomic E-state index is -1.94. The molecule has 1 atom stereocenters. The van der Waals surface area contributed by atoms with Crippen LogP contribution in [0.5, 0.6) is 5.75 Å². The average molecular weight is 544 g/mol. The highest BCUT2D eigenvalue weighted by molar-refractivity contribution is 6.74. The van der Waals surface area contributed by atoms with Crippen molar-refractivity contribution in [2.24, 2.45) is 0 Å².